The van der Waals surface area contributed by atoms with E-state index in [0.29, 0.717) is 0 Å². The molecule has 0 aliphatic carbocycles. The van der Waals surface area contributed by atoms with E-state index in [2.05, 4.69) is 40.3 Å². The van der Waals surface area contributed by atoms with Crippen LogP contribution in [0.15, 0.2) is 34.1 Å². The Morgan fingerprint density at radius 3 is 2.52 bits per heavy atom. The van der Waals surface area contributed by atoms with Crippen LogP contribution in [-0.2, 0) is 0 Å². The summed E-state index contributed by atoms with van der Waals surface area (Å²) in [7, 11) is 3.38. The van der Waals surface area contributed by atoms with Gasteiger partial charge in [0.25, 0.3) is 0 Å². The Morgan fingerprint density at radius 1 is 1.19 bits per heavy atom. The van der Waals surface area contributed by atoms with E-state index in [0.717, 1.165) is 28.9 Å². The highest BCUT2D eigenvalue weighted by Crippen LogP contribution is 2.35. The van der Waals surface area contributed by atoms with Gasteiger partial charge in [0.15, 0.2) is 0 Å². The predicted molar refractivity (Wildman–Crippen MR) is 91.7 cm³/mol. The Labute approximate surface area is 138 Å². The van der Waals surface area contributed by atoms with Crippen molar-refractivity contribution in [2.75, 3.05) is 20.8 Å². The summed E-state index contributed by atoms with van der Waals surface area (Å²) in [5.41, 5.74) is 1.20. The zero-order valence-electron chi connectivity index (χ0n) is 12.5. The van der Waals surface area contributed by atoms with E-state index in [9.17, 15) is 0 Å². The van der Waals surface area contributed by atoms with E-state index >= 15 is 0 Å². The lowest BCUT2D eigenvalue weighted by atomic mass is 10.0. The second kappa shape index (κ2) is 7.82. The number of hydrogen-bond acceptors (Lipinski definition) is 4. The lowest BCUT2D eigenvalue weighted by Crippen LogP contribution is -2.22. The van der Waals surface area contributed by atoms with Crippen LogP contribution in [0.1, 0.15) is 29.8 Å². The van der Waals surface area contributed by atoms with E-state index in [4.69, 9.17) is 9.47 Å². The van der Waals surface area contributed by atoms with Gasteiger partial charge in [0.2, 0.25) is 0 Å². The highest BCUT2D eigenvalue weighted by Gasteiger charge is 2.18. The van der Waals surface area contributed by atoms with Crippen molar-refractivity contribution in [2.45, 2.75) is 19.4 Å². The van der Waals surface area contributed by atoms with Crippen molar-refractivity contribution in [1.82, 2.24) is 5.32 Å². The van der Waals surface area contributed by atoms with Gasteiger partial charge >= 0.3 is 0 Å². The van der Waals surface area contributed by atoms with E-state index in [1.165, 1.54) is 10.4 Å². The number of hydrogen-bond donors (Lipinski definition) is 1. The molecule has 0 spiro atoms. The maximum Gasteiger partial charge on any atom is 0.129 e. The molecule has 21 heavy (non-hydrogen) atoms. The van der Waals surface area contributed by atoms with Gasteiger partial charge in [-0.15, -0.1) is 11.3 Å². The molecule has 0 bridgehead atoms. The largest absolute Gasteiger partial charge is 0.497 e. The first-order valence-corrected chi connectivity index (χ1v) is 8.56. The molecule has 114 valence electrons. The second-order valence-electron chi connectivity index (χ2n) is 4.66. The van der Waals surface area contributed by atoms with E-state index in [1.54, 1.807) is 25.6 Å². The minimum Gasteiger partial charge on any atom is -0.497 e. The van der Waals surface area contributed by atoms with Gasteiger partial charge in [0.1, 0.15) is 11.5 Å². The highest BCUT2D eigenvalue weighted by molar-refractivity contribution is 9.10. The molecular weight excluding hydrogens is 350 g/mol. The molecule has 5 heteroatoms. The van der Waals surface area contributed by atoms with Crippen LogP contribution >= 0.6 is 27.3 Å². The smallest absolute Gasteiger partial charge is 0.129 e. The second-order valence-corrected chi connectivity index (χ2v) is 6.46. The van der Waals surface area contributed by atoms with Crippen LogP contribution in [0.25, 0.3) is 0 Å². The van der Waals surface area contributed by atoms with Gasteiger partial charge in [-0.25, -0.2) is 0 Å². The number of nitrogens with one attached hydrogen (secondary N) is 1. The third-order valence-corrected chi connectivity index (χ3v) is 4.90. The Balaban J connectivity index is 2.35. The molecule has 0 aliphatic rings. The molecule has 0 saturated heterocycles. The molecule has 0 amide bonds. The quantitative estimate of drug-likeness (QED) is 0.772. The fourth-order valence-corrected chi connectivity index (χ4v) is 3.65. The van der Waals surface area contributed by atoms with Gasteiger partial charge in [-0.05, 0) is 36.7 Å². The molecule has 3 nitrogen and oxygen atoms in total. The lowest BCUT2D eigenvalue weighted by Gasteiger charge is -2.19. The van der Waals surface area contributed by atoms with Crippen LogP contribution in [0.2, 0.25) is 0 Å². The minimum absolute atomic E-state index is 0.152. The molecule has 2 rings (SSSR count). The van der Waals surface area contributed by atoms with Gasteiger partial charge in [-0.3, -0.25) is 0 Å². The number of thiophene rings is 1. The average Bonchev–Trinajstić information content (AvgIpc) is 2.97. The predicted octanol–water partition coefficient (Wildman–Crippen LogP) is 4.62. The summed E-state index contributed by atoms with van der Waals surface area (Å²) in [6, 6.07) is 8.34. The third-order valence-electron chi connectivity index (χ3n) is 3.23. The molecular formula is C16H20BrNO2S. The van der Waals surface area contributed by atoms with Gasteiger partial charge in [-0.2, -0.15) is 0 Å². The van der Waals surface area contributed by atoms with Crippen LogP contribution in [0.3, 0.4) is 0 Å². The van der Waals surface area contributed by atoms with Crippen molar-refractivity contribution < 1.29 is 9.47 Å². The molecule has 1 aromatic carbocycles. The van der Waals surface area contributed by atoms with E-state index in [-0.39, 0.29) is 6.04 Å². The van der Waals surface area contributed by atoms with Crippen molar-refractivity contribution in [1.29, 1.82) is 0 Å². The molecule has 0 radical (unpaired) electrons. The first-order valence-electron chi connectivity index (χ1n) is 6.88. The first kappa shape index (κ1) is 16.3. The van der Waals surface area contributed by atoms with Gasteiger partial charge in [0, 0.05) is 14.7 Å². The minimum atomic E-state index is 0.152. The maximum atomic E-state index is 5.30. The fourth-order valence-electron chi connectivity index (χ4n) is 2.11. The van der Waals surface area contributed by atoms with Gasteiger partial charge < -0.3 is 14.8 Å². The van der Waals surface area contributed by atoms with E-state index < -0.39 is 0 Å². The zero-order chi connectivity index (χ0) is 15.2. The third kappa shape index (κ3) is 3.99. The van der Waals surface area contributed by atoms with E-state index in [1.807, 2.05) is 17.5 Å². The summed E-state index contributed by atoms with van der Waals surface area (Å²) in [5.74, 6) is 1.76. The molecule has 1 heterocycles. The Bertz CT molecular complexity index is 585. The number of halogens is 1. The Morgan fingerprint density at radius 2 is 1.95 bits per heavy atom. The number of methoxy groups -OCH3 is 2. The molecule has 0 aliphatic heterocycles. The van der Waals surface area contributed by atoms with Crippen LogP contribution in [0.5, 0.6) is 11.5 Å². The topological polar surface area (TPSA) is 30.5 Å². The molecule has 2 aromatic rings. The first-order chi connectivity index (χ1) is 10.2. The Kier molecular flexibility index (Phi) is 6.08. The van der Waals surface area contributed by atoms with Crippen LogP contribution < -0.4 is 14.8 Å². The summed E-state index contributed by atoms with van der Waals surface area (Å²) in [6.45, 7) is 3.13. The number of ether oxygens (including phenoxy) is 2. The molecule has 0 fully saturated rings. The van der Waals surface area contributed by atoms with Gasteiger partial charge in [0.05, 0.1) is 20.3 Å². The zero-order valence-corrected chi connectivity index (χ0v) is 14.9. The van der Waals surface area contributed by atoms with Gasteiger partial charge in [-0.1, -0.05) is 28.9 Å². The average molecular weight is 370 g/mol. The SMILES string of the molecule is CCCNC(c1cc(OC)cs1)c1ccc(OC)cc1Br. The van der Waals surface area contributed by atoms with Crippen molar-refractivity contribution in [2.24, 2.45) is 0 Å². The Hall–Kier alpha value is -1.04. The standard InChI is InChI=1S/C16H20BrNO2S/c1-4-7-18-16(15-9-12(20-3)10-21-15)13-6-5-11(19-2)8-14(13)17/h5-6,8-10,16,18H,4,7H2,1-3H3. The van der Waals surface area contributed by atoms with Crippen LogP contribution in [0, 0.1) is 0 Å². The van der Waals surface area contributed by atoms with Crippen molar-refractivity contribution >= 4 is 27.3 Å². The summed E-state index contributed by atoms with van der Waals surface area (Å²) >= 11 is 5.36. The summed E-state index contributed by atoms with van der Waals surface area (Å²) in [4.78, 5) is 1.24. The number of rotatable bonds is 7. The summed E-state index contributed by atoms with van der Waals surface area (Å²) in [5, 5.41) is 5.64. The summed E-state index contributed by atoms with van der Waals surface area (Å²) in [6.07, 6.45) is 1.09. The molecule has 1 N–H and O–H groups in total. The lowest BCUT2D eigenvalue weighted by molar-refractivity contribution is 0.414. The molecule has 1 atom stereocenters. The van der Waals surface area contributed by atoms with Crippen LogP contribution in [-0.4, -0.2) is 20.8 Å². The number of benzene rings is 1. The summed E-state index contributed by atoms with van der Waals surface area (Å²) < 4.78 is 11.6. The molecule has 1 unspecified atom stereocenters. The maximum absolute atomic E-state index is 5.30. The van der Waals surface area contributed by atoms with Crippen LogP contribution in [0.4, 0.5) is 0 Å². The van der Waals surface area contributed by atoms with Crippen molar-refractivity contribution in [3.05, 3.63) is 44.6 Å². The highest BCUT2D eigenvalue weighted by atomic mass is 79.9. The molecule has 0 saturated carbocycles. The fraction of sp³-hybridized carbons (Fsp3) is 0.375. The normalized spacial score (nSPS) is 12.2. The monoisotopic (exact) mass is 369 g/mol. The van der Waals surface area contributed by atoms with Crippen molar-refractivity contribution in [3.8, 4) is 11.5 Å². The molecule has 1 aromatic heterocycles. The van der Waals surface area contributed by atoms with Crippen molar-refractivity contribution in [3.63, 3.8) is 0 Å².